The molecule has 0 unspecified atom stereocenters. The number of esters is 1. The summed E-state index contributed by atoms with van der Waals surface area (Å²) in [6, 6.07) is 3.84. The van der Waals surface area contributed by atoms with E-state index in [0.29, 0.717) is 5.56 Å². The van der Waals surface area contributed by atoms with Gasteiger partial charge >= 0.3 is 5.97 Å². The van der Waals surface area contributed by atoms with Crippen molar-refractivity contribution in [2.45, 2.75) is 70.8 Å². The molecule has 170 valence electrons. The molecule has 0 aliphatic heterocycles. The molecule has 0 aliphatic carbocycles. The van der Waals surface area contributed by atoms with Crippen LogP contribution in [0.2, 0.25) is 18.1 Å². The molecule has 8 heteroatoms. The molecule has 0 aliphatic rings. The molecule has 0 spiro atoms. The fraction of sp³-hybridized carbons (Fsp3) is 0.522. The third-order valence-corrected chi connectivity index (χ3v) is 9.96. The minimum Gasteiger partial charge on any atom is -0.467 e. The Morgan fingerprint density at radius 2 is 1.81 bits per heavy atom. The number of hydrogen-bond acceptors (Lipinski definition) is 4. The van der Waals surface area contributed by atoms with E-state index in [1.807, 2.05) is 0 Å². The maximum absolute atomic E-state index is 13.5. The average Bonchev–Trinajstić information content (AvgIpc) is 2.64. The van der Waals surface area contributed by atoms with Crippen LogP contribution in [0.25, 0.3) is 0 Å². The van der Waals surface area contributed by atoms with Gasteiger partial charge in [-0.25, -0.2) is 9.18 Å². The first-order valence-electron chi connectivity index (χ1n) is 10.2. The van der Waals surface area contributed by atoms with Crippen LogP contribution in [0.15, 0.2) is 24.3 Å². The fourth-order valence-corrected chi connectivity index (χ4v) is 3.44. The maximum atomic E-state index is 13.5. The number of amides is 2. The van der Waals surface area contributed by atoms with Crippen molar-refractivity contribution >= 4 is 25.9 Å². The standard InChI is InChI=1S/C23H33FN2O4Si/c1-16(27)25-20(15-17-10-8-11-18(24)14-17)21(28)26-19(22(29)30-5)12-9-13-31(6,7)23(2,3)4/h8,10-11,14,19-20H,12,15H2,1-7H3,(H,25,27)(H,26,28)/t19-,20+/m1/s1. The average molecular weight is 449 g/mol. The predicted octanol–water partition coefficient (Wildman–Crippen LogP) is 2.97. The molecule has 0 radical (unpaired) electrons. The lowest BCUT2D eigenvalue weighted by atomic mass is 10.0. The second-order valence-corrected chi connectivity index (χ2v) is 14.1. The van der Waals surface area contributed by atoms with Crippen LogP contribution in [0.3, 0.4) is 0 Å². The summed E-state index contributed by atoms with van der Waals surface area (Å²) in [4.78, 5) is 36.7. The summed E-state index contributed by atoms with van der Waals surface area (Å²) in [7, 11) is -0.638. The molecular formula is C23H33FN2O4Si. The van der Waals surface area contributed by atoms with Crippen LogP contribution in [-0.2, 0) is 25.5 Å². The Kier molecular flexibility index (Phi) is 9.44. The molecule has 6 nitrogen and oxygen atoms in total. The lowest BCUT2D eigenvalue weighted by Crippen LogP contribution is -2.52. The lowest BCUT2D eigenvalue weighted by Gasteiger charge is -2.31. The monoisotopic (exact) mass is 448 g/mol. The number of halogens is 1. The van der Waals surface area contributed by atoms with Crippen molar-refractivity contribution in [2.75, 3.05) is 7.11 Å². The second kappa shape index (κ2) is 11.1. The highest BCUT2D eigenvalue weighted by Gasteiger charge is 2.34. The van der Waals surface area contributed by atoms with E-state index in [1.54, 1.807) is 6.07 Å². The number of nitrogens with one attached hydrogen (secondary N) is 2. The van der Waals surface area contributed by atoms with Crippen LogP contribution in [0.5, 0.6) is 0 Å². The molecule has 2 amide bonds. The number of methoxy groups -OCH3 is 1. The van der Waals surface area contributed by atoms with Gasteiger partial charge in [0, 0.05) is 19.8 Å². The Bertz CT molecular complexity index is 868. The van der Waals surface area contributed by atoms with Gasteiger partial charge in [-0.1, -0.05) is 46.0 Å². The zero-order valence-corrected chi connectivity index (χ0v) is 20.4. The van der Waals surface area contributed by atoms with Crippen LogP contribution in [0.1, 0.15) is 39.7 Å². The largest absolute Gasteiger partial charge is 0.467 e. The van der Waals surface area contributed by atoms with Gasteiger partial charge in [-0.3, -0.25) is 9.59 Å². The van der Waals surface area contributed by atoms with Crippen molar-refractivity contribution in [2.24, 2.45) is 0 Å². The van der Waals surface area contributed by atoms with Gasteiger partial charge in [0.25, 0.3) is 0 Å². The number of ether oxygens (including phenoxy) is 1. The van der Waals surface area contributed by atoms with Crippen LogP contribution < -0.4 is 10.6 Å². The number of rotatable bonds is 7. The van der Waals surface area contributed by atoms with E-state index < -0.39 is 43.8 Å². The van der Waals surface area contributed by atoms with Gasteiger partial charge in [0.15, 0.2) is 0 Å². The molecule has 1 aromatic carbocycles. The Morgan fingerprint density at radius 3 is 2.32 bits per heavy atom. The first-order chi connectivity index (χ1) is 14.3. The van der Waals surface area contributed by atoms with Crippen LogP contribution in [0, 0.1) is 17.3 Å². The highest BCUT2D eigenvalue weighted by molar-refractivity contribution is 6.87. The van der Waals surface area contributed by atoms with Crippen LogP contribution in [0.4, 0.5) is 4.39 Å². The Hall–Kier alpha value is -2.66. The normalized spacial score (nSPS) is 13.3. The van der Waals surface area contributed by atoms with E-state index in [1.165, 1.54) is 32.2 Å². The summed E-state index contributed by atoms with van der Waals surface area (Å²) in [5.41, 5.74) is 3.85. The molecule has 1 aromatic rings. The number of carbonyl (C=O) groups is 3. The highest BCUT2D eigenvalue weighted by Crippen LogP contribution is 2.35. The minimum absolute atomic E-state index is 0.0610. The third-order valence-electron chi connectivity index (χ3n) is 5.41. The Balaban J connectivity index is 3.01. The third kappa shape index (κ3) is 8.54. The van der Waals surface area contributed by atoms with Crippen LogP contribution >= 0.6 is 0 Å². The van der Waals surface area contributed by atoms with Gasteiger partial charge in [-0.05, 0) is 22.7 Å². The van der Waals surface area contributed by atoms with Crippen molar-refractivity contribution < 1.29 is 23.5 Å². The first kappa shape index (κ1) is 26.4. The van der Waals surface area contributed by atoms with Gasteiger partial charge in [-0.2, -0.15) is 0 Å². The summed E-state index contributed by atoms with van der Waals surface area (Å²) >= 11 is 0. The minimum atomic E-state index is -1.88. The van der Waals surface area contributed by atoms with E-state index in [4.69, 9.17) is 4.74 Å². The molecule has 0 fully saturated rings. The van der Waals surface area contributed by atoms with E-state index in [2.05, 4.69) is 56.0 Å². The van der Waals surface area contributed by atoms with Gasteiger partial charge in [0.1, 0.15) is 26.0 Å². The molecule has 2 N–H and O–H groups in total. The van der Waals surface area contributed by atoms with E-state index >= 15 is 0 Å². The zero-order chi connectivity index (χ0) is 23.8. The van der Waals surface area contributed by atoms with Gasteiger partial charge in [-0.15, -0.1) is 11.5 Å². The van der Waals surface area contributed by atoms with Crippen LogP contribution in [-0.4, -0.2) is 45.1 Å². The quantitative estimate of drug-likeness (QED) is 0.382. The van der Waals surface area contributed by atoms with E-state index in [-0.39, 0.29) is 17.9 Å². The molecule has 0 saturated heterocycles. The Morgan fingerprint density at radius 1 is 1.16 bits per heavy atom. The molecule has 0 aromatic heterocycles. The first-order valence-corrected chi connectivity index (χ1v) is 13.2. The topological polar surface area (TPSA) is 84.5 Å². The van der Waals surface area contributed by atoms with E-state index in [0.717, 1.165) is 0 Å². The van der Waals surface area contributed by atoms with Crippen molar-refractivity contribution in [1.82, 2.24) is 10.6 Å². The number of benzene rings is 1. The number of hydrogen-bond donors (Lipinski definition) is 2. The summed E-state index contributed by atoms with van der Waals surface area (Å²) in [6.07, 6.45) is 0.171. The van der Waals surface area contributed by atoms with Gasteiger partial charge in [0.05, 0.1) is 7.11 Å². The molecule has 0 saturated carbocycles. The van der Waals surface area contributed by atoms with Crippen molar-refractivity contribution in [3.8, 4) is 11.5 Å². The summed E-state index contributed by atoms with van der Waals surface area (Å²) in [5, 5.41) is 5.24. The molecule has 31 heavy (non-hydrogen) atoms. The van der Waals surface area contributed by atoms with Gasteiger partial charge in [0.2, 0.25) is 11.8 Å². The molecule has 1 rings (SSSR count). The fourth-order valence-electron chi connectivity index (χ4n) is 2.52. The van der Waals surface area contributed by atoms with Gasteiger partial charge < -0.3 is 15.4 Å². The second-order valence-electron chi connectivity index (χ2n) is 9.05. The summed E-state index contributed by atoms with van der Waals surface area (Å²) in [5.74, 6) is 1.01. The summed E-state index contributed by atoms with van der Waals surface area (Å²) in [6.45, 7) is 12.0. The smallest absolute Gasteiger partial charge is 0.329 e. The van der Waals surface area contributed by atoms with Crippen molar-refractivity contribution in [3.63, 3.8) is 0 Å². The maximum Gasteiger partial charge on any atom is 0.329 e. The Labute approximate surface area is 185 Å². The lowest BCUT2D eigenvalue weighted by molar-refractivity contribution is -0.145. The molecule has 0 bridgehead atoms. The number of carbonyl (C=O) groups excluding carboxylic acids is 3. The molecule has 0 heterocycles. The predicted molar refractivity (Wildman–Crippen MR) is 121 cm³/mol. The highest BCUT2D eigenvalue weighted by atomic mass is 28.3. The zero-order valence-electron chi connectivity index (χ0n) is 19.4. The van der Waals surface area contributed by atoms with Crippen molar-refractivity contribution in [3.05, 3.63) is 35.6 Å². The van der Waals surface area contributed by atoms with Crippen molar-refractivity contribution in [1.29, 1.82) is 0 Å². The summed E-state index contributed by atoms with van der Waals surface area (Å²) < 4.78 is 18.3. The molecular weight excluding hydrogens is 415 g/mol. The van der Waals surface area contributed by atoms with E-state index in [9.17, 15) is 18.8 Å². The molecule has 2 atom stereocenters. The SMILES string of the molecule is COC(=O)[C@@H](CC#C[Si](C)(C)C(C)(C)C)NC(=O)[C@H](Cc1cccc(F)c1)NC(C)=O.